The Morgan fingerprint density at radius 3 is 2.35 bits per heavy atom. The molecule has 17 heavy (non-hydrogen) atoms. The fraction of sp³-hybridized carbons (Fsp3) is 0.143. The molecule has 0 unspecified atom stereocenters. The van der Waals surface area contributed by atoms with Crippen LogP contribution in [0.15, 0.2) is 36.4 Å². The summed E-state index contributed by atoms with van der Waals surface area (Å²) in [6.45, 7) is 0. The third kappa shape index (κ3) is 1.35. The summed E-state index contributed by atoms with van der Waals surface area (Å²) in [6, 6.07) is 12.1. The molecule has 0 saturated carbocycles. The van der Waals surface area contributed by atoms with Gasteiger partial charge in [-0.2, -0.15) is 0 Å². The van der Waals surface area contributed by atoms with E-state index in [4.69, 9.17) is 10.5 Å². The lowest BCUT2D eigenvalue weighted by Crippen LogP contribution is -1.87. The number of methoxy groups -OCH3 is 1. The number of anilines is 1. The van der Waals surface area contributed by atoms with Crippen molar-refractivity contribution in [1.29, 1.82) is 0 Å². The van der Waals surface area contributed by atoms with Gasteiger partial charge < -0.3 is 15.0 Å². The predicted molar refractivity (Wildman–Crippen MR) is 71.4 cm³/mol. The van der Waals surface area contributed by atoms with Crippen molar-refractivity contribution in [1.82, 2.24) is 4.57 Å². The van der Waals surface area contributed by atoms with E-state index in [1.54, 1.807) is 7.11 Å². The van der Waals surface area contributed by atoms with E-state index in [-0.39, 0.29) is 0 Å². The van der Waals surface area contributed by atoms with Crippen molar-refractivity contribution in [2.24, 2.45) is 7.05 Å². The van der Waals surface area contributed by atoms with Crippen LogP contribution in [0.25, 0.3) is 21.8 Å². The van der Waals surface area contributed by atoms with Gasteiger partial charge in [-0.15, -0.1) is 0 Å². The molecule has 3 aromatic rings. The van der Waals surface area contributed by atoms with Crippen LogP contribution in [0.1, 0.15) is 0 Å². The van der Waals surface area contributed by atoms with Crippen molar-refractivity contribution in [3.8, 4) is 5.75 Å². The zero-order valence-electron chi connectivity index (χ0n) is 9.90. The van der Waals surface area contributed by atoms with Crippen molar-refractivity contribution in [2.45, 2.75) is 0 Å². The Bertz CT molecular complexity index is 713. The molecule has 0 atom stereocenters. The lowest BCUT2D eigenvalue weighted by Gasteiger charge is -2.00. The zero-order chi connectivity index (χ0) is 12.0. The summed E-state index contributed by atoms with van der Waals surface area (Å²) >= 11 is 0. The van der Waals surface area contributed by atoms with Crippen molar-refractivity contribution in [3.05, 3.63) is 36.4 Å². The average molecular weight is 226 g/mol. The van der Waals surface area contributed by atoms with Crippen LogP contribution in [0.4, 0.5) is 5.69 Å². The van der Waals surface area contributed by atoms with Crippen LogP contribution in [0.2, 0.25) is 0 Å². The van der Waals surface area contributed by atoms with E-state index in [0.29, 0.717) is 0 Å². The number of nitrogens with zero attached hydrogens (tertiary/aromatic N) is 1. The molecule has 0 saturated heterocycles. The van der Waals surface area contributed by atoms with E-state index in [0.717, 1.165) is 11.4 Å². The molecule has 2 aromatic carbocycles. The molecular formula is C14H14N2O. The van der Waals surface area contributed by atoms with Gasteiger partial charge in [0, 0.05) is 34.5 Å². The molecule has 0 bridgehead atoms. The van der Waals surface area contributed by atoms with Gasteiger partial charge >= 0.3 is 0 Å². The summed E-state index contributed by atoms with van der Waals surface area (Å²) < 4.78 is 7.44. The number of hydrogen-bond donors (Lipinski definition) is 1. The highest BCUT2D eigenvalue weighted by molar-refractivity contribution is 6.09. The van der Waals surface area contributed by atoms with Crippen LogP contribution < -0.4 is 10.5 Å². The van der Waals surface area contributed by atoms with Crippen molar-refractivity contribution in [3.63, 3.8) is 0 Å². The van der Waals surface area contributed by atoms with Crippen LogP contribution in [0.3, 0.4) is 0 Å². The lowest BCUT2D eigenvalue weighted by atomic mass is 10.1. The van der Waals surface area contributed by atoms with E-state index in [1.165, 1.54) is 21.8 Å². The summed E-state index contributed by atoms with van der Waals surface area (Å²) in [4.78, 5) is 0. The van der Waals surface area contributed by atoms with Gasteiger partial charge in [-0.25, -0.2) is 0 Å². The standard InChI is InChI=1S/C14H14N2O/c1-16-13-5-3-9(15)7-11(13)12-8-10(17-2)4-6-14(12)16/h3-8H,15H2,1-2H3. The number of aryl methyl sites for hydroxylation is 1. The predicted octanol–water partition coefficient (Wildman–Crippen LogP) is 2.92. The molecule has 0 aliphatic carbocycles. The smallest absolute Gasteiger partial charge is 0.119 e. The van der Waals surface area contributed by atoms with Crippen LogP contribution >= 0.6 is 0 Å². The molecule has 0 amide bonds. The molecular weight excluding hydrogens is 212 g/mol. The minimum absolute atomic E-state index is 0.785. The molecule has 0 spiro atoms. The molecule has 0 aliphatic heterocycles. The Morgan fingerprint density at radius 1 is 1.00 bits per heavy atom. The quantitative estimate of drug-likeness (QED) is 0.648. The fourth-order valence-corrected chi connectivity index (χ4v) is 2.34. The minimum atomic E-state index is 0.785. The molecule has 3 rings (SSSR count). The molecule has 0 aliphatic rings. The maximum atomic E-state index is 5.85. The SMILES string of the molecule is COc1ccc2c(c1)c1cc(N)ccc1n2C. The number of benzene rings is 2. The van der Waals surface area contributed by atoms with Gasteiger partial charge in [-0.05, 0) is 36.4 Å². The Morgan fingerprint density at radius 2 is 1.65 bits per heavy atom. The highest BCUT2D eigenvalue weighted by Crippen LogP contribution is 2.31. The van der Waals surface area contributed by atoms with E-state index >= 15 is 0 Å². The second kappa shape index (κ2) is 3.42. The number of nitrogens with two attached hydrogens (primary N) is 1. The summed E-state index contributed by atoms with van der Waals surface area (Å²) in [5.74, 6) is 0.868. The first-order valence-corrected chi connectivity index (χ1v) is 5.52. The normalized spacial score (nSPS) is 11.2. The maximum absolute atomic E-state index is 5.85. The first-order chi connectivity index (χ1) is 8.20. The molecule has 86 valence electrons. The lowest BCUT2D eigenvalue weighted by molar-refractivity contribution is 0.415. The van der Waals surface area contributed by atoms with Gasteiger partial charge in [-0.3, -0.25) is 0 Å². The summed E-state index contributed by atoms with van der Waals surface area (Å²) in [6.07, 6.45) is 0. The topological polar surface area (TPSA) is 40.2 Å². The van der Waals surface area contributed by atoms with Crippen LogP contribution in [0, 0.1) is 0 Å². The molecule has 3 nitrogen and oxygen atoms in total. The summed E-state index contributed by atoms with van der Waals surface area (Å²) in [5, 5.41) is 2.34. The van der Waals surface area contributed by atoms with E-state index in [1.807, 2.05) is 18.2 Å². The Labute approximate surface area is 99.4 Å². The van der Waals surface area contributed by atoms with Gasteiger partial charge in [-0.1, -0.05) is 0 Å². The van der Waals surface area contributed by atoms with E-state index in [9.17, 15) is 0 Å². The summed E-state index contributed by atoms with van der Waals surface area (Å²) in [5.41, 5.74) is 9.01. The highest BCUT2D eigenvalue weighted by Gasteiger charge is 2.08. The maximum Gasteiger partial charge on any atom is 0.119 e. The Kier molecular flexibility index (Phi) is 2.01. The molecule has 3 heteroatoms. The second-order valence-electron chi connectivity index (χ2n) is 4.22. The van der Waals surface area contributed by atoms with Gasteiger partial charge in [0.15, 0.2) is 0 Å². The van der Waals surface area contributed by atoms with Gasteiger partial charge in [0.05, 0.1) is 7.11 Å². The Balaban J connectivity index is 2.51. The van der Waals surface area contributed by atoms with Crippen LogP contribution in [0.5, 0.6) is 5.75 Å². The monoisotopic (exact) mass is 226 g/mol. The third-order valence-electron chi connectivity index (χ3n) is 3.24. The number of fused-ring (bicyclic) bond motifs is 3. The number of ether oxygens (including phenoxy) is 1. The molecule has 2 N–H and O–H groups in total. The largest absolute Gasteiger partial charge is 0.497 e. The first-order valence-electron chi connectivity index (χ1n) is 5.52. The number of rotatable bonds is 1. The van der Waals surface area contributed by atoms with Gasteiger partial charge in [0.1, 0.15) is 5.75 Å². The summed E-state index contributed by atoms with van der Waals surface area (Å²) in [7, 11) is 3.74. The fourth-order valence-electron chi connectivity index (χ4n) is 2.34. The first kappa shape index (κ1) is 10.0. The Hall–Kier alpha value is -2.16. The van der Waals surface area contributed by atoms with Crippen molar-refractivity contribution in [2.75, 3.05) is 12.8 Å². The number of nitrogen functional groups attached to an aromatic ring is 1. The molecule has 1 aromatic heterocycles. The highest BCUT2D eigenvalue weighted by atomic mass is 16.5. The van der Waals surface area contributed by atoms with Crippen molar-refractivity contribution >= 4 is 27.5 Å². The van der Waals surface area contributed by atoms with E-state index in [2.05, 4.69) is 29.8 Å². The molecule has 0 fully saturated rings. The molecule has 0 radical (unpaired) electrons. The zero-order valence-corrected chi connectivity index (χ0v) is 9.90. The average Bonchev–Trinajstić information content (AvgIpc) is 2.62. The number of aromatic nitrogens is 1. The number of hydrogen-bond acceptors (Lipinski definition) is 2. The third-order valence-corrected chi connectivity index (χ3v) is 3.24. The van der Waals surface area contributed by atoms with Gasteiger partial charge in [0.25, 0.3) is 0 Å². The minimum Gasteiger partial charge on any atom is -0.497 e. The second-order valence-corrected chi connectivity index (χ2v) is 4.22. The van der Waals surface area contributed by atoms with E-state index < -0.39 is 0 Å². The van der Waals surface area contributed by atoms with Gasteiger partial charge in [0.2, 0.25) is 0 Å². The van der Waals surface area contributed by atoms with Crippen LogP contribution in [-0.2, 0) is 7.05 Å². The molecule has 1 heterocycles. The van der Waals surface area contributed by atoms with Crippen molar-refractivity contribution < 1.29 is 4.74 Å². The van der Waals surface area contributed by atoms with Crippen LogP contribution in [-0.4, -0.2) is 11.7 Å².